The van der Waals surface area contributed by atoms with Crippen molar-refractivity contribution in [1.82, 2.24) is 5.32 Å². The van der Waals surface area contributed by atoms with E-state index in [1.165, 1.54) is 7.11 Å². The Labute approximate surface area is 106 Å². The molecule has 0 spiro atoms. The number of esters is 1. The zero-order valence-corrected chi connectivity index (χ0v) is 10.6. The maximum absolute atomic E-state index is 11.5. The summed E-state index contributed by atoms with van der Waals surface area (Å²) in [5.74, 6) is 0.152. The molecule has 0 aliphatic heterocycles. The van der Waals surface area contributed by atoms with E-state index in [1.807, 2.05) is 24.3 Å². The highest BCUT2D eigenvalue weighted by Crippen LogP contribution is 2.16. The van der Waals surface area contributed by atoms with Gasteiger partial charge in [0.1, 0.15) is 5.75 Å². The van der Waals surface area contributed by atoms with Crippen molar-refractivity contribution in [2.45, 2.75) is 19.4 Å². The Morgan fingerprint density at radius 3 is 2.56 bits per heavy atom. The Bertz CT molecular complexity index is 417. The highest BCUT2D eigenvalue weighted by atomic mass is 16.5. The molecule has 5 heteroatoms. The number of para-hydroxylation sites is 1. The van der Waals surface area contributed by atoms with E-state index in [1.54, 1.807) is 7.11 Å². The van der Waals surface area contributed by atoms with Gasteiger partial charge in [-0.1, -0.05) is 18.2 Å². The van der Waals surface area contributed by atoms with Gasteiger partial charge in [-0.25, -0.2) is 0 Å². The van der Waals surface area contributed by atoms with Crippen LogP contribution in [0.4, 0.5) is 0 Å². The minimum atomic E-state index is -0.387. The van der Waals surface area contributed by atoms with Gasteiger partial charge in [0.2, 0.25) is 5.91 Å². The molecule has 0 aromatic heterocycles. The van der Waals surface area contributed by atoms with Crippen LogP contribution in [0.5, 0.6) is 5.75 Å². The van der Waals surface area contributed by atoms with Crippen molar-refractivity contribution in [1.29, 1.82) is 0 Å². The molecule has 1 amide bonds. The predicted molar refractivity (Wildman–Crippen MR) is 66.1 cm³/mol. The summed E-state index contributed by atoms with van der Waals surface area (Å²) >= 11 is 0. The van der Waals surface area contributed by atoms with E-state index in [0.717, 1.165) is 11.3 Å². The second-order valence-electron chi connectivity index (χ2n) is 3.66. The van der Waals surface area contributed by atoms with E-state index in [-0.39, 0.29) is 24.7 Å². The molecule has 0 aliphatic rings. The number of hydrogen-bond acceptors (Lipinski definition) is 4. The van der Waals surface area contributed by atoms with Gasteiger partial charge in [-0.3, -0.25) is 9.59 Å². The van der Waals surface area contributed by atoms with Gasteiger partial charge in [-0.15, -0.1) is 0 Å². The van der Waals surface area contributed by atoms with Crippen LogP contribution in [0.2, 0.25) is 0 Å². The average Bonchev–Trinajstić information content (AvgIpc) is 2.42. The lowest BCUT2D eigenvalue weighted by atomic mass is 10.2. The zero-order chi connectivity index (χ0) is 13.4. The molecule has 18 heavy (non-hydrogen) atoms. The monoisotopic (exact) mass is 251 g/mol. The normalized spacial score (nSPS) is 9.67. The minimum Gasteiger partial charge on any atom is -0.496 e. The van der Waals surface area contributed by atoms with Gasteiger partial charge in [0.15, 0.2) is 0 Å². The molecule has 5 nitrogen and oxygen atoms in total. The number of ether oxygens (including phenoxy) is 2. The third kappa shape index (κ3) is 4.45. The summed E-state index contributed by atoms with van der Waals surface area (Å²) in [6, 6.07) is 7.44. The number of nitrogens with one attached hydrogen (secondary N) is 1. The van der Waals surface area contributed by atoms with Gasteiger partial charge in [0, 0.05) is 18.5 Å². The lowest BCUT2D eigenvalue weighted by Gasteiger charge is -2.09. The molecule has 1 N–H and O–H groups in total. The predicted octanol–water partition coefficient (Wildman–Crippen LogP) is 1.26. The van der Waals surface area contributed by atoms with Crippen LogP contribution in [0.1, 0.15) is 18.4 Å². The SMILES string of the molecule is COC(=O)CCC(=O)NCc1ccccc1OC. The number of methoxy groups -OCH3 is 2. The fraction of sp³-hybridized carbons (Fsp3) is 0.385. The van der Waals surface area contributed by atoms with Crippen molar-refractivity contribution in [3.63, 3.8) is 0 Å². The van der Waals surface area contributed by atoms with E-state index in [9.17, 15) is 9.59 Å². The van der Waals surface area contributed by atoms with Crippen molar-refractivity contribution < 1.29 is 19.1 Å². The Morgan fingerprint density at radius 1 is 1.17 bits per heavy atom. The van der Waals surface area contributed by atoms with Crippen LogP contribution < -0.4 is 10.1 Å². The van der Waals surface area contributed by atoms with Crippen molar-refractivity contribution in [2.75, 3.05) is 14.2 Å². The van der Waals surface area contributed by atoms with E-state index >= 15 is 0 Å². The smallest absolute Gasteiger partial charge is 0.306 e. The highest BCUT2D eigenvalue weighted by molar-refractivity contribution is 5.81. The van der Waals surface area contributed by atoms with Crippen molar-refractivity contribution in [3.05, 3.63) is 29.8 Å². The van der Waals surface area contributed by atoms with Crippen LogP contribution in [0, 0.1) is 0 Å². The molecule has 98 valence electrons. The van der Waals surface area contributed by atoms with Crippen LogP contribution in [0.25, 0.3) is 0 Å². The van der Waals surface area contributed by atoms with Gasteiger partial charge in [0.25, 0.3) is 0 Å². The van der Waals surface area contributed by atoms with Crippen molar-refractivity contribution in [2.24, 2.45) is 0 Å². The van der Waals surface area contributed by atoms with Gasteiger partial charge in [-0.05, 0) is 6.07 Å². The first-order valence-corrected chi connectivity index (χ1v) is 5.62. The molecule has 1 aromatic rings. The molecule has 0 unspecified atom stereocenters. The molecule has 0 saturated heterocycles. The average molecular weight is 251 g/mol. The second-order valence-corrected chi connectivity index (χ2v) is 3.66. The van der Waals surface area contributed by atoms with Crippen molar-refractivity contribution >= 4 is 11.9 Å². The lowest BCUT2D eigenvalue weighted by Crippen LogP contribution is -2.23. The fourth-order valence-electron chi connectivity index (χ4n) is 1.45. The Morgan fingerprint density at radius 2 is 1.89 bits per heavy atom. The summed E-state index contributed by atoms with van der Waals surface area (Å²) in [4.78, 5) is 22.3. The summed E-state index contributed by atoms with van der Waals surface area (Å²) in [5.41, 5.74) is 0.895. The number of benzene rings is 1. The summed E-state index contributed by atoms with van der Waals surface area (Å²) in [6.45, 7) is 0.379. The number of rotatable bonds is 6. The first-order valence-electron chi connectivity index (χ1n) is 5.62. The molecule has 0 saturated carbocycles. The number of carbonyl (C=O) groups is 2. The quantitative estimate of drug-likeness (QED) is 0.773. The number of hydrogen-bond donors (Lipinski definition) is 1. The van der Waals surface area contributed by atoms with Crippen LogP contribution in [-0.4, -0.2) is 26.1 Å². The molecule has 1 rings (SSSR count). The standard InChI is InChI=1S/C13H17NO4/c1-17-11-6-4-3-5-10(11)9-14-12(15)7-8-13(16)18-2/h3-6H,7-9H2,1-2H3,(H,14,15). The van der Waals surface area contributed by atoms with E-state index in [4.69, 9.17) is 4.74 Å². The third-order valence-corrected chi connectivity index (χ3v) is 2.45. The van der Waals surface area contributed by atoms with Crippen LogP contribution in [0.3, 0.4) is 0 Å². The van der Waals surface area contributed by atoms with Gasteiger partial charge >= 0.3 is 5.97 Å². The van der Waals surface area contributed by atoms with Crippen LogP contribution >= 0.6 is 0 Å². The van der Waals surface area contributed by atoms with E-state index in [0.29, 0.717) is 6.54 Å². The Kier molecular flexibility index (Phi) is 5.70. The Hall–Kier alpha value is -2.04. The first-order chi connectivity index (χ1) is 8.67. The van der Waals surface area contributed by atoms with Crippen LogP contribution in [-0.2, 0) is 20.9 Å². The molecule has 0 fully saturated rings. The minimum absolute atomic E-state index is 0.0915. The topological polar surface area (TPSA) is 64.6 Å². The summed E-state index contributed by atoms with van der Waals surface area (Å²) < 4.78 is 9.63. The van der Waals surface area contributed by atoms with Crippen LogP contribution in [0.15, 0.2) is 24.3 Å². The van der Waals surface area contributed by atoms with Gasteiger partial charge in [-0.2, -0.15) is 0 Å². The number of carbonyl (C=O) groups excluding carboxylic acids is 2. The molecular formula is C13H17NO4. The maximum Gasteiger partial charge on any atom is 0.306 e. The molecule has 1 aromatic carbocycles. The van der Waals surface area contributed by atoms with Gasteiger partial charge in [0.05, 0.1) is 20.6 Å². The first kappa shape index (κ1) is 14.0. The Balaban J connectivity index is 2.40. The largest absolute Gasteiger partial charge is 0.496 e. The lowest BCUT2D eigenvalue weighted by molar-refractivity contribution is -0.142. The zero-order valence-electron chi connectivity index (χ0n) is 10.6. The molecule has 0 radical (unpaired) electrons. The molecule has 0 bridgehead atoms. The molecule has 0 atom stereocenters. The molecular weight excluding hydrogens is 234 g/mol. The van der Waals surface area contributed by atoms with E-state index < -0.39 is 0 Å². The molecule has 0 aliphatic carbocycles. The summed E-state index contributed by atoms with van der Waals surface area (Å²) in [5, 5.41) is 2.73. The van der Waals surface area contributed by atoms with E-state index in [2.05, 4.69) is 10.1 Å². The second kappa shape index (κ2) is 7.32. The molecule has 0 heterocycles. The van der Waals surface area contributed by atoms with Crippen molar-refractivity contribution in [3.8, 4) is 5.75 Å². The van der Waals surface area contributed by atoms with Gasteiger partial charge < -0.3 is 14.8 Å². The maximum atomic E-state index is 11.5. The summed E-state index contributed by atoms with van der Waals surface area (Å²) in [6.07, 6.45) is 0.218. The third-order valence-electron chi connectivity index (χ3n) is 2.45. The highest BCUT2D eigenvalue weighted by Gasteiger charge is 2.07. The fourth-order valence-corrected chi connectivity index (χ4v) is 1.45. The number of amides is 1. The summed E-state index contributed by atoms with van der Waals surface area (Å²) in [7, 11) is 2.88.